The fourth-order valence-electron chi connectivity index (χ4n) is 2.80. The van der Waals surface area contributed by atoms with Gasteiger partial charge in [-0.2, -0.15) is 0 Å². The van der Waals surface area contributed by atoms with E-state index in [1.165, 1.54) is 12.1 Å². The first-order valence-electron chi connectivity index (χ1n) is 8.05. The summed E-state index contributed by atoms with van der Waals surface area (Å²) in [6.07, 6.45) is 0. The molecule has 1 aliphatic heterocycles. The first-order valence-corrected chi connectivity index (χ1v) is 9.60. The third kappa shape index (κ3) is 5.36. The van der Waals surface area contributed by atoms with Crippen LogP contribution in [0.15, 0.2) is 23.1 Å². The molecule has 1 aromatic rings. The Morgan fingerprint density at radius 3 is 2.80 bits per heavy atom. The minimum atomic E-state index is -3.99. The highest BCUT2D eigenvalue weighted by Crippen LogP contribution is 2.27. The van der Waals surface area contributed by atoms with Crippen LogP contribution >= 0.6 is 0 Å². The first kappa shape index (κ1) is 19.6. The van der Waals surface area contributed by atoms with Crippen molar-refractivity contribution in [1.29, 1.82) is 0 Å². The molecule has 1 unspecified atom stereocenters. The molecule has 1 heterocycles. The van der Waals surface area contributed by atoms with Gasteiger partial charge < -0.3 is 10.1 Å². The molecule has 0 aliphatic carbocycles. The van der Waals surface area contributed by atoms with Gasteiger partial charge in [0.25, 0.3) is 5.69 Å². The van der Waals surface area contributed by atoms with Crippen LogP contribution in [0, 0.1) is 16.0 Å². The zero-order chi connectivity index (χ0) is 18.6. The Morgan fingerprint density at radius 2 is 2.20 bits per heavy atom. The van der Waals surface area contributed by atoms with E-state index in [9.17, 15) is 18.5 Å². The van der Waals surface area contributed by atoms with E-state index in [-0.39, 0.29) is 22.3 Å². The smallest absolute Gasteiger partial charge is 0.293 e. The van der Waals surface area contributed by atoms with E-state index in [0.717, 1.165) is 19.2 Å². The van der Waals surface area contributed by atoms with E-state index in [0.29, 0.717) is 25.7 Å². The lowest BCUT2D eigenvalue weighted by Gasteiger charge is -2.36. The molecule has 1 saturated heterocycles. The Morgan fingerprint density at radius 1 is 1.48 bits per heavy atom. The number of benzene rings is 1. The van der Waals surface area contributed by atoms with Gasteiger partial charge in [-0.3, -0.25) is 15.0 Å². The number of sulfonamides is 1. The Kier molecular flexibility index (Phi) is 6.33. The third-order valence-corrected chi connectivity index (χ3v) is 4.88. The second-order valence-corrected chi connectivity index (χ2v) is 8.04. The van der Waals surface area contributed by atoms with Gasteiger partial charge in [0.1, 0.15) is 5.69 Å². The molecular weight excluding hydrogens is 348 g/mol. The summed E-state index contributed by atoms with van der Waals surface area (Å²) in [4.78, 5) is 12.6. The lowest BCUT2D eigenvalue weighted by Crippen LogP contribution is -2.50. The number of morpholine rings is 1. The molecule has 0 amide bonds. The summed E-state index contributed by atoms with van der Waals surface area (Å²) in [6.45, 7) is 7.68. The van der Waals surface area contributed by atoms with Gasteiger partial charge in [0.2, 0.25) is 10.0 Å². The van der Waals surface area contributed by atoms with Crippen molar-refractivity contribution in [3.63, 3.8) is 0 Å². The number of rotatable bonds is 7. The highest BCUT2D eigenvalue weighted by molar-refractivity contribution is 7.89. The van der Waals surface area contributed by atoms with Gasteiger partial charge in [-0.05, 0) is 18.1 Å². The molecule has 0 spiro atoms. The molecule has 1 atom stereocenters. The third-order valence-electron chi connectivity index (χ3n) is 3.97. The summed E-state index contributed by atoms with van der Waals surface area (Å²) >= 11 is 0. The van der Waals surface area contributed by atoms with Crippen molar-refractivity contribution in [3.05, 3.63) is 28.3 Å². The molecule has 10 heteroatoms. The molecule has 1 fully saturated rings. The van der Waals surface area contributed by atoms with Crippen molar-refractivity contribution in [2.75, 3.05) is 38.2 Å². The van der Waals surface area contributed by atoms with E-state index in [2.05, 4.69) is 24.1 Å². The molecule has 1 aromatic carbocycles. The Labute approximate surface area is 147 Å². The van der Waals surface area contributed by atoms with Gasteiger partial charge in [0.15, 0.2) is 0 Å². The molecule has 1 aliphatic rings. The number of nitrogens with one attached hydrogen (secondary N) is 1. The lowest BCUT2D eigenvalue weighted by molar-refractivity contribution is -0.384. The van der Waals surface area contributed by atoms with Crippen molar-refractivity contribution >= 4 is 21.4 Å². The van der Waals surface area contributed by atoms with Gasteiger partial charge in [-0.15, -0.1) is 0 Å². The predicted octanol–water partition coefficient (Wildman–Crippen LogP) is 1.01. The van der Waals surface area contributed by atoms with E-state index in [4.69, 9.17) is 9.88 Å². The van der Waals surface area contributed by atoms with Crippen molar-refractivity contribution in [1.82, 2.24) is 4.90 Å². The van der Waals surface area contributed by atoms with Crippen LogP contribution in [0.25, 0.3) is 0 Å². The van der Waals surface area contributed by atoms with Crippen LogP contribution < -0.4 is 10.5 Å². The van der Waals surface area contributed by atoms with Crippen molar-refractivity contribution < 1.29 is 18.1 Å². The fourth-order valence-corrected chi connectivity index (χ4v) is 3.34. The lowest BCUT2D eigenvalue weighted by atomic mass is 10.1. The topological polar surface area (TPSA) is 128 Å². The number of nitro benzene ring substituents is 1. The summed E-state index contributed by atoms with van der Waals surface area (Å²) in [5, 5.41) is 19.3. The van der Waals surface area contributed by atoms with Gasteiger partial charge in [0, 0.05) is 25.7 Å². The maximum atomic E-state index is 11.4. The van der Waals surface area contributed by atoms with Gasteiger partial charge in [-0.25, -0.2) is 13.6 Å². The summed E-state index contributed by atoms with van der Waals surface area (Å²) in [7, 11) is -3.99. The fraction of sp³-hybridized carbons (Fsp3) is 0.600. The summed E-state index contributed by atoms with van der Waals surface area (Å²) in [6, 6.07) is 3.69. The molecule has 3 N–H and O–H groups in total. The molecular formula is C15H24N4O5S. The average molecular weight is 372 g/mol. The number of hydrogen-bond donors (Lipinski definition) is 2. The maximum absolute atomic E-state index is 11.4. The summed E-state index contributed by atoms with van der Waals surface area (Å²) < 4.78 is 28.3. The largest absolute Gasteiger partial charge is 0.378 e. The Bertz CT molecular complexity index is 723. The molecule has 140 valence electrons. The molecule has 0 aromatic heterocycles. The predicted molar refractivity (Wildman–Crippen MR) is 94.0 cm³/mol. The van der Waals surface area contributed by atoms with Crippen LogP contribution in [0.1, 0.15) is 13.8 Å². The quantitative estimate of drug-likeness (QED) is 0.540. The first-order chi connectivity index (χ1) is 11.7. The highest BCUT2D eigenvalue weighted by Gasteiger charge is 2.25. The number of nitrogens with two attached hydrogens (primary N) is 1. The number of primary sulfonamides is 1. The molecule has 0 saturated carbocycles. The average Bonchev–Trinajstić information content (AvgIpc) is 2.52. The normalized spacial score (nSPS) is 19.1. The zero-order valence-electron chi connectivity index (χ0n) is 14.3. The molecule has 0 radical (unpaired) electrons. The van der Waals surface area contributed by atoms with Crippen LogP contribution in [0.2, 0.25) is 0 Å². The number of ether oxygens (including phenoxy) is 1. The van der Waals surface area contributed by atoms with E-state index >= 15 is 0 Å². The highest BCUT2D eigenvalue weighted by atomic mass is 32.2. The van der Waals surface area contributed by atoms with Crippen molar-refractivity contribution in [2.24, 2.45) is 11.1 Å². The standard InChI is InChI=1S/C15H24N4O5S/c1-11(2)9-18-5-6-24-10-12(18)8-17-14-4-3-13(25(16,22)23)7-15(14)19(20)21/h3-4,7,11-12,17H,5-6,8-10H2,1-2H3,(H2,16,22,23). The van der Waals surface area contributed by atoms with Crippen LogP contribution in [-0.2, 0) is 14.8 Å². The monoisotopic (exact) mass is 372 g/mol. The SMILES string of the molecule is CC(C)CN1CCOCC1CNc1ccc(S(N)(=O)=O)cc1[N+](=O)[O-]. The summed E-state index contributed by atoms with van der Waals surface area (Å²) in [5.74, 6) is 0.504. The van der Waals surface area contributed by atoms with Gasteiger partial charge >= 0.3 is 0 Å². The number of anilines is 1. The van der Waals surface area contributed by atoms with Crippen LogP contribution in [0.5, 0.6) is 0 Å². The van der Waals surface area contributed by atoms with Crippen LogP contribution in [0.4, 0.5) is 11.4 Å². The molecule has 25 heavy (non-hydrogen) atoms. The number of nitro groups is 1. The minimum Gasteiger partial charge on any atom is -0.378 e. The van der Waals surface area contributed by atoms with Gasteiger partial charge in [0.05, 0.1) is 29.1 Å². The van der Waals surface area contributed by atoms with E-state index in [1.807, 2.05) is 0 Å². The maximum Gasteiger partial charge on any atom is 0.293 e. The number of hydrogen-bond acceptors (Lipinski definition) is 7. The minimum absolute atomic E-state index is 0.0914. The molecule has 0 bridgehead atoms. The van der Waals surface area contributed by atoms with E-state index in [1.54, 1.807) is 0 Å². The second-order valence-electron chi connectivity index (χ2n) is 6.48. The van der Waals surface area contributed by atoms with Crippen molar-refractivity contribution in [3.8, 4) is 0 Å². The van der Waals surface area contributed by atoms with Crippen LogP contribution in [0.3, 0.4) is 0 Å². The zero-order valence-corrected chi connectivity index (χ0v) is 15.2. The second kappa shape index (κ2) is 8.09. The van der Waals surface area contributed by atoms with Gasteiger partial charge in [-0.1, -0.05) is 13.8 Å². The Balaban J connectivity index is 2.15. The molecule has 2 rings (SSSR count). The van der Waals surface area contributed by atoms with Crippen LogP contribution in [-0.4, -0.2) is 57.1 Å². The van der Waals surface area contributed by atoms with Crippen molar-refractivity contribution in [2.45, 2.75) is 24.8 Å². The van der Waals surface area contributed by atoms with E-state index < -0.39 is 14.9 Å². The Hall–Kier alpha value is -1.75. The molecule has 9 nitrogen and oxygen atoms in total. The number of nitrogens with zero attached hydrogens (tertiary/aromatic N) is 2. The summed E-state index contributed by atoms with van der Waals surface area (Å²) in [5.41, 5.74) is -0.0638.